The van der Waals surface area contributed by atoms with Gasteiger partial charge in [0.15, 0.2) is 0 Å². The van der Waals surface area contributed by atoms with E-state index in [0.717, 1.165) is 12.0 Å². The summed E-state index contributed by atoms with van der Waals surface area (Å²) in [6.07, 6.45) is 5.21. The molecule has 0 radical (unpaired) electrons. The van der Waals surface area contributed by atoms with Crippen molar-refractivity contribution in [3.8, 4) is 17.6 Å². The van der Waals surface area contributed by atoms with Crippen LogP contribution in [0.1, 0.15) is 31.4 Å². The number of carbonyl (C=O) groups excluding carboxylic acids is 2. The summed E-state index contributed by atoms with van der Waals surface area (Å²) in [5, 5.41) is 9.13. The van der Waals surface area contributed by atoms with Crippen molar-refractivity contribution < 1.29 is 23.8 Å². The molecule has 154 valence electrons. The maximum absolute atomic E-state index is 12.2. The molecule has 0 aromatic heterocycles. The summed E-state index contributed by atoms with van der Waals surface area (Å²) in [4.78, 5) is 23.9. The summed E-state index contributed by atoms with van der Waals surface area (Å²) in [5.41, 5.74) is 1.17. The fourth-order valence-corrected chi connectivity index (χ4v) is 2.45. The van der Waals surface area contributed by atoms with Crippen LogP contribution in [0.4, 0.5) is 0 Å². The summed E-state index contributed by atoms with van der Waals surface area (Å²) in [7, 11) is 0. The molecule has 0 amide bonds. The highest BCUT2D eigenvalue weighted by Gasteiger charge is 2.10. The van der Waals surface area contributed by atoms with Crippen LogP contribution in [0.5, 0.6) is 11.5 Å². The molecule has 6 nitrogen and oxygen atoms in total. The van der Waals surface area contributed by atoms with Gasteiger partial charge in [0.1, 0.15) is 23.1 Å². The lowest BCUT2D eigenvalue weighted by atomic mass is 10.1. The normalized spacial score (nSPS) is 11.0. The van der Waals surface area contributed by atoms with Gasteiger partial charge in [-0.05, 0) is 49.3 Å². The molecule has 0 aliphatic carbocycles. The molecule has 6 heteroatoms. The predicted molar refractivity (Wildman–Crippen MR) is 114 cm³/mol. The number of esters is 2. The quantitative estimate of drug-likeness (QED) is 0.263. The molecule has 2 aromatic rings. The van der Waals surface area contributed by atoms with E-state index in [1.165, 1.54) is 12.2 Å². The number of hydrogen-bond acceptors (Lipinski definition) is 6. The molecule has 0 spiro atoms. The Morgan fingerprint density at radius 1 is 1.10 bits per heavy atom. The molecule has 0 bridgehead atoms. The highest BCUT2D eigenvalue weighted by Crippen LogP contribution is 2.20. The monoisotopic (exact) mass is 405 g/mol. The third-order valence-electron chi connectivity index (χ3n) is 3.78. The number of rotatable bonds is 9. The fourth-order valence-electron chi connectivity index (χ4n) is 2.45. The molecule has 0 fully saturated rings. The number of nitriles is 1. The van der Waals surface area contributed by atoms with Crippen molar-refractivity contribution in [2.45, 2.75) is 20.3 Å². The first-order chi connectivity index (χ1) is 14.6. The van der Waals surface area contributed by atoms with Crippen molar-refractivity contribution in [3.63, 3.8) is 0 Å². The second kappa shape index (κ2) is 11.9. The average molecular weight is 405 g/mol. The van der Waals surface area contributed by atoms with E-state index in [9.17, 15) is 9.59 Å². The van der Waals surface area contributed by atoms with E-state index in [0.29, 0.717) is 17.9 Å². The van der Waals surface area contributed by atoms with E-state index in [2.05, 4.69) is 0 Å². The lowest BCUT2D eigenvalue weighted by Crippen LogP contribution is -2.06. The Hall–Kier alpha value is -3.85. The van der Waals surface area contributed by atoms with Gasteiger partial charge in [-0.15, -0.1) is 0 Å². The summed E-state index contributed by atoms with van der Waals surface area (Å²) in [6.45, 7) is 4.45. The van der Waals surface area contributed by atoms with Crippen LogP contribution in [-0.2, 0) is 14.3 Å². The first-order valence-electron chi connectivity index (χ1n) is 9.58. The van der Waals surface area contributed by atoms with E-state index in [4.69, 9.17) is 19.5 Å². The van der Waals surface area contributed by atoms with Gasteiger partial charge in [-0.1, -0.05) is 37.3 Å². The highest BCUT2D eigenvalue weighted by atomic mass is 16.5. The van der Waals surface area contributed by atoms with Gasteiger partial charge in [0, 0.05) is 11.6 Å². The smallest absolute Gasteiger partial charge is 0.348 e. The minimum atomic E-state index is -0.700. The van der Waals surface area contributed by atoms with Crippen molar-refractivity contribution >= 4 is 24.1 Å². The molecule has 0 saturated carbocycles. The molecule has 0 heterocycles. The van der Waals surface area contributed by atoms with E-state index in [-0.39, 0.29) is 17.9 Å². The zero-order valence-corrected chi connectivity index (χ0v) is 17.0. The van der Waals surface area contributed by atoms with Crippen LogP contribution in [0.2, 0.25) is 0 Å². The van der Waals surface area contributed by atoms with Crippen molar-refractivity contribution in [1.82, 2.24) is 0 Å². The molecule has 0 saturated heterocycles. The first-order valence-corrected chi connectivity index (χ1v) is 9.58. The molecule has 2 aromatic carbocycles. The SMILES string of the molecule is CCCOc1ccccc1/C=C/C(=O)Oc1cccc(/C=C(\C#N)C(=O)OCC)c1. The Morgan fingerprint density at radius 3 is 2.63 bits per heavy atom. The number of nitrogens with zero attached hydrogens (tertiary/aromatic N) is 1. The third kappa shape index (κ3) is 6.95. The van der Waals surface area contributed by atoms with Gasteiger partial charge in [0.2, 0.25) is 0 Å². The Morgan fingerprint density at radius 2 is 1.90 bits per heavy atom. The summed E-state index contributed by atoms with van der Waals surface area (Å²) >= 11 is 0. The summed E-state index contributed by atoms with van der Waals surface area (Å²) in [5.74, 6) is -0.282. The third-order valence-corrected chi connectivity index (χ3v) is 3.78. The number of ether oxygens (including phenoxy) is 3. The molecular formula is C24H23NO5. The van der Waals surface area contributed by atoms with Gasteiger partial charge in [-0.25, -0.2) is 9.59 Å². The average Bonchev–Trinajstić information content (AvgIpc) is 2.75. The van der Waals surface area contributed by atoms with E-state index in [1.807, 2.05) is 37.3 Å². The fraction of sp³-hybridized carbons (Fsp3) is 0.208. The van der Waals surface area contributed by atoms with Crippen molar-refractivity contribution in [2.75, 3.05) is 13.2 Å². The van der Waals surface area contributed by atoms with Crippen LogP contribution in [0, 0.1) is 11.3 Å². The molecule has 0 unspecified atom stereocenters. The van der Waals surface area contributed by atoms with Crippen LogP contribution in [0.3, 0.4) is 0 Å². The minimum Gasteiger partial charge on any atom is -0.493 e. The molecule has 0 N–H and O–H groups in total. The van der Waals surface area contributed by atoms with Crippen molar-refractivity contribution in [1.29, 1.82) is 5.26 Å². The maximum Gasteiger partial charge on any atom is 0.348 e. The van der Waals surface area contributed by atoms with E-state index < -0.39 is 11.9 Å². The number of para-hydroxylation sites is 1. The molecule has 0 aliphatic heterocycles. The second-order valence-corrected chi connectivity index (χ2v) is 6.10. The van der Waals surface area contributed by atoms with Crippen LogP contribution >= 0.6 is 0 Å². The molecular weight excluding hydrogens is 382 g/mol. The Labute approximate surface area is 176 Å². The second-order valence-electron chi connectivity index (χ2n) is 6.10. The Bertz CT molecular complexity index is 985. The topological polar surface area (TPSA) is 85.6 Å². The number of benzene rings is 2. The first kappa shape index (κ1) is 22.4. The number of hydrogen-bond donors (Lipinski definition) is 0. The predicted octanol–water partition coefficient (Wildman–Crippen LogP) is 4.56. The largest absolute Gasteiger partial charge is 0.493 e. The molecule has 30 heavy (non-hydrogen) atoms. The summed E-state index contributed by atoms with van der Waals surface area (Å²) in [6, 6.07) is 15.7. The van der Waals surface area contributed by atoms with Crippen LogP contribution in [-0.4, -0.2) is 25.2 Å². The van der Waals surface area contributed by atoms with Gasteiger partial charge in [-0.3, -0.25) is 0 Å². The highest BCUT2D eigenvalue weighted by molar-refractivity contribution is 5.98. The lowest BCUT2D eigenvalue weighted by molar-refractivity contribution is -0.138. The Kier molecular flexibility index (Phi) is 8.88. The zero-order valence-electron chi connectivity index (χ0n) is 17.0. The van der Waals surface area contributed by atoms with Crippen molar-refractivity contribution in [3.05, 3.63) is 71.3 Å². The Balaban J connectivity index is 2.10. The van der Waals surface area contributed by atoms with E-state index >= 15 is 0 Å². The molecule has 2 rings (SSSR count). The molecule has 0 atom stereocenters. The van der Waals surface area contributed by atoms with Crippen molar-refractivity contribution in [2.24, 2.45) is 0 Å². The number of carbonyl (C=O) groups is 2. The van der Waals surface area contributed by atoms with Gasteiger partial charge in [-0.2, -0.15) is 5.26 Å². The minimum absolute atomic E-state index is 0.135. The van der Waals surface area contributed by atoms with Gasteiger partial charge < -0.3 is 14.2 Å². The van der Waals surface area contributed by atoms with Crippen LogP contribution < -0.4 is 9.47 Å². The van der Waals surface area contributed by atoms with E-state index in [1.54, 1.807) is 37.3 Å². The van der Waals surface area contributed by atoms with Gasteiger partial charge in [0.25, 0.3) is 0 Å². The van der Waals surface area contributed by atoms with Crippen LogP contribution in [0.15, 0.2) is 60.2 Å². The standard InChI is InChI=1S/C24H23NO5/c1-3-14-29-22-11-6-5-9-19(22)12-13-23(26)30-21-10-7-8-18(16-21)15-20(17-25)24(27)28-4-2/h5-13,15-16H,3-4,14H2,1-2H3/b13-12+,20-15+. The lowest BCUT2D eigenvalue weighted by Gasteiger charge is -2.07. The summed E-state index contributed by atoms with van der Waals surface area (Å²) < 4.78 is 15.8. The van der Waals surface area contributed by atoms with Crippen LogP contribution in [0.25, 0.3) is 12.2 Å². The maximum atomic E-state index is 12.2. The van der Waals surface area contributed by atoms with Gasteiger partial charge >= 0.3 is 11.9 Å². The zero-order chi connectivity index (χ0) is 21.8. The van der Waals surface area contributed by atoms with Gasteiger partial charge in [0.05, 0.1) is 13.2 Å². The molecule has 0 aliphatic rings.